The molecular formula is C22H19FN4O3. The molecule has 2 aromatic carbocycles. The fraction of sp³-hybridized carbons (Fsp3) is 0.227. The van der Waals surface area contributed by atoms with Crippen LogP contribution in [0.2, 0.25) is 0 Å². The van der Waals surface area contributed by atoms with Gasteiger partial charge in [-0.2, -0.15) is 0 Å². The number of benzene rings is 2. The summed E-state index contributed by atoms with van der Waals surface area (Å²) in [5.74, 6) is 1.46. The van der Waals surface area contributed by atoms with Crippen molar-refractivity contribution in [3.8, 4) is 22.8 Å². The Morgan fingerprint density at radius 1 is 1.07 bits per heavy atom. The van der Waals surface area contributed by atoms with Gasteiger partial charge in [-0.15, -0.1) is 10.2 Å². The number of amides is 1. The number of hydrogen-bond acceptors (Lipinski definition) is 6. The standard InChI is InChI=1S/C22H19FN4O3/c23-17-4-2-1-3-16(17)18-6-8-21(26-25-18)27-10-9-15(12-27)24-22(28)14-5-7-19-20(11-14)30-13-29-19/h1-8,11,15H,9-10,12-13H2,(H,24,28)/t15-/m0/s1. The molecule has 2 aliphatic rings. The van der Waals surface area contributed by atoms with Gasteiger partial charge in [0.25, 0.3) is 5.91 Å². The molecule has 30 heavy (non-hydrogen) atoms. The molecule has 8 heteroatoms. The molecule has 0 spiro atoms. The molecule has 1 amide bonds. The van der Waals surface area contributed by atoms with Crippen LogP contribution in [0.1, 0.15) is 16.8 Å². The molecule has 3 aromatic rings. The SMILES string of the molecule is O=C(N[C@H]1CCN(c2ccc(-c3ccccc3F)nn2)C1)c1ccc2c(c1)OCO2. The maximum Gasteiger partial charge on any atom is 0.251 e. The molecule has 1 atom stereocenters. The van der Waals surface area contributed by atoms with Crippen molar-refractivity contribution < 1.29 is 18.7 Å². The number of nitrogens with one attached hydrogen (secondary N) is 1. The van der Waals surface area contributed by atoms with E-state index in [0.29, 0.717) is 40.7 Å². The predicted octanol–water partition coefficient (Wildman–Crippen LogP) is 3.02. The molecule has 152 valence electrons. The van der Waals surface area contributed by atoms with Gasteiger partial charge in [-0.25, -0.2) is 4.39 Å². The average molecular weight is 406 g/mol. The molecule has 0 unspecified atom stereocenters. The highest BCUT2D eigenvalue weighted by atomic mass is 19.1. The Balaban J connectivity index is 1.22. The normalized spacial score (nSPS) is 17.2. The topological polar surface area (TPSA) is 76.6 Å². The zero-order valence-electron chi connectivity index (χ0n) is 16.0. The van der Waals surface area contributed by atoms with Crippen LogP contribution in [0.4, 0.5) is 10.2 Å². The number of nitrogens with zero attached hydrogens (tertiary/aromatic N) is 3. The second-order valence-electron chi connectivity index (χ2n) is 7.23. The number of hydrogen-bond donors (Lipinski definition) is 1. The van der Waals surface area contributed by atoms with E-state index in [9.17, 15) is 9.18 Å². The molecule has 3 heterocycles. The summed E-state index contributed by atoms with van der Waals surface area (Å²) in [5.41, 5.74) is 1.45. The van der Waals surface area contributed by atoms with Gasteiger partial charge in [-0.05, 0) is 48.9 Å². The van der Waals surface area contributed by atoms with Crippen LogP contribution < -0.4 is 19.7 Å². The number of halogens is 1. The van der Waals surface area contributed by atoms with Gasteiger partial charge in [0.05, 0.1) is 5.69 Å². The number of fused-ring (bicyclic) bond motifs is 1. The highest BCUT2D eigenvalue weighted by molar-refractivity contribution is 5.95. The number of anilines is 1. The number of aromatic nitrogens is 2. The van der Waals surface area contributed by atoms with E-state index in [0.717, 1.165) is 13.0 Å². The number of carbonyl (C=O) groups is 1. The molecule has 0 radical (unpaired) electrons. The summed E-state index contributed by atoms with van der Waals surface area (Å²) in [4.78, 5) is 14.6. The van der Waals surface area contributed by atoms with Crippen LogP contribution in [0.15, 0.2) is 54.6 Å². The number of carbonyl (C=O) groups excluding carboxylic acids is 1. The van der Waals surface area contributed by atoms with Crippen molar-refractivity contribution in [2.75, 3.05) is 24.8 Å². The number of ether oxygens (including phenoxy) is 2. The van der Waals surface area contributed by atoms with Crippen molar-refractivity contribution >= 4 is 11.7 Å². The highest BCUT2D eigenvalue weighted by Crippen LogP contribution is 2.32. The minimum atomic E-state index is -0.327. The lowest BCUT2D eigenvalue weighted by Crippen LogP contribution is -2.37. The molecule has 1 saturated heterocycles. The molecule has 5 rings (SSSR count). The first-order chi connectivity index (χ1) is 14.7. The second-order valence-corrected chi connectivity index (χ2v) is 7.23. The Labute approximate surface area is 172 Å². The van der Waals surface area contributed by atoms with Crippen molar-refractivity contribution in [2.24, 2.45) is 0 Å². The average Bonchev–Trinajstić information content (AvgIpc) is 3.43. The summed E-state index contributed by atoms with van der Waals surface area (Å²) < 4.78 is 24.5. The van der Waals surface area contributed by atoms with Gasteiger partial charge in [0.2, 0.25) is 6.79 Å². The lowest BCUT2D eigenvalue weighted by molar-refractivity contribution is 0.0940. The highest BCUT2D eigenvalue weighted by Gasteiger charge is 2.26. The van der Waals surface area contributed by atoms with Gasteiger partial charge in [0.1, 0.15) is 5.82 Å². The second kappa shape index (κ2) is 7.62. The van der Waals surface area contributed by atoms with E-state index < -0.39 is 0 Å². The van der Waals surface area contributed by atoms with Gasteiger partial charge in [0, 0.05) is 30.3 Å². The first-order valence-electron chi connectivity index (χ1n) is 9.71. The summed E-state index contributed by atoms with van der Waals surface area (Å²) in [5, 5.41) is 11.5. The molecule has 0 aliphatic carbocycles. The summed E-state index contributed by atoms with van der Waals surface area (Å²) in [6, 6.07) is 15.2. The van der Waals surface area contributed by atoms with Gasteiger partial charge in [-0.1, -0.05) is 12.1 Å². The van der Waals surface area contributed by atoms with E-state index in [-0.39, 0.29) is 24.6 Å². The van der Waals surface area contributed by atoms with Crippen LogP contribution in [0.25, 0.3) is 11.3 Å². The van der Waals surface area contributed by atoms with E-state index in [2.05, 4.69) is 20.4 Å². The first-order valence-corrected chi connectivity index (χ1v) is 9.71. The van der Waals surface area contributed by atoms with Crippen LogP contribution in [-0.4, -0.2) is 42.0 Å². The zero-order valence-corrected chi connectivity index (χ0v) is 16.0. The minimum absolute atomic E-state index is 0.00373. The maximum atomic E-state index is 13.9. The first kappa shape index (κ1) is 18.4. The third-order valence-corrected chi connectivity index (χ3v) is 5.28. The fourth-order valence-electron chi connectivity index (χ4n) is 3.70. The Kier molecular flexibility index (Phi) is 4.66. The summed E-state index contributed by atoms with van der Waals surface area (Å²) in [6.07, 6.45) is 0.799. The van der Waals surface area contributed by atoms with Crippen molar-refractivity contribution in [2.45, 2.75) is 12.5 Å². The van der Waals surface area contributed by atoms with E-state index >= 15 is 0 Å². The van der Waals surface area contributed by atoms with Crippen LogP contribution in [0, 0.1) is 5.82 Å². The lowest BCUT2D eigenvalue weighted by atomic mass is 10.1. The Morgan fingerprint density at radius 3 is 2.77 bits per heavy atom. The van der Waals surface area contributed by atoms with E-state index in [1.165, 1.54) is 6.07 Å². The van der Waals surface area contributed by atoms with Crippen LogP contribution in [0.3, 0.4) is 0 Å². The van der Waals surface area contributed by atoms with E-state index in [4.69, 9.17) is 9.47 Å². The molecule has 7 nitrogen and oxygen atoms in total. The van der Waals surface area contributed by atoms with Crippen molar-refractivity contribution in [1.82, 2.24) is 15.5 Å². The third-order valence-electron chi connectivity index (χ3n) is 5.28. The van der Waals surface area contributed by atoms with Crippen molar-refractivity contribution in [3.05, 3.63) is 66.0 Å². The summed E-state index contributed by atoms with van der Waals surface area (Å²) >= 11 is 0. The zero-order chi connectivity index (χ0) is 20.5. The van der Waals surface area contributed by atoms with Crippen LogP contribution in [-0.2, 0) is 0 Å². The largest absolute Gasteiger partial charge is 0.454 e. The molecular weight excluding hydrogens is 387 g/mol. The maximum absolute atomic E-state index is 13.9. The molecule has 2 aliphatic heterocycles. The molecule has 1 aromatic heterocycles. The fourth-order valence-corrected chi connectivity index (χ4v) is 3.70. The van der Waals surface area contributed by atoms with Gasteiger partial charge in [0.15, 0.2) is 17.3 Å². The molecule has 0 saturated carbocycles. The van der Waals surface area contributed by atoms with Gasteiger partial charge < -0.3 is 19.7 Å². The van der Waals surface area contributed by atoms with Crippen molar-refractivity contribution in [1.29, 1.82) is 0 Å². The smallest absolute Gasteiger partial charge is 0.251 e. The lowest BCUT2D eigenvalue weighted by Gasteiger charge is -2.17. The van der Waals surface area contributed by atoms with E-state index in [1.54, 1.807) is 42.5 Å². The van der Waals surface area contributed by atoms with Crippen LogP contribution >= 0.6 is 0 Å². The van der Waals surface area contributed by atoms with Crippen LogP contribution in [0.5, 0.6) is 11.5 Å². The van der Waals surface area contributed by atoms with Crippen molar-refractivity contribution in [3.63, 3.8) is 0 Å². The monoisotopic (exact) mass is 406 g/mol. The molecule has 0 bridgehead atoms. The Hall–Kier alpha value is -3.68. The molecule has 1 fully saturated rings. The van der Waals surface area contributed by atoms with Gasteiger partial charge in [-0.3, -0.25) is 4.79 Å². The predicted molar refractivity (Wildman–Crippen MR) is 108 cm³/mol. The summed E-state index contributed by atoms with van der Waals surface area (Å²) in [7, 11) is 0. The Bertz CT molecular complexity index is 1090. The molecule has 1 N–H and O–H groups in total. The summed E-state index contributed by atoms with van der Waals surface area (Å²) in [6.45, 7) is 1.55. The quantitative estimate of drug-likeness (QED) is 0.718. The number of rotatable bonds is 4. The minimum Gasteiger partial charge on any atom is -0.454 e. The third kappa shape index (κ3) is 3.52. The Morgan fingerprint density at radius 2 is 1.93 bits per heavy atom. The van der Waals surface area contributed by atoms with Gasteiger partial charge >= 0.3 is 0 Å². The van der Waals surface area contributed by atoms with E-state index in [1.807, 2.05) is 6.07 Å².